The van der Waals surface area contributed by atoms with Crippen molar-refractivity contribution < 1.29 is 10.9 Å². The summed E-state index contributed by atoms with van der Waals surface area (Å²) in [5.41, 5.74) is 1.79. The molecule has 2 aromatic rings. The molecule has 2 aromatic carbocycles. The van der Waals surface area contributed by atoms with E-state index in [4.69, 9.17) is 4.74 Å². The molecule has 0 aromatic heterocycles. The molecule has 3 rings (SSSR count). The number of benzene rings is 2. The Labute approximate surface area is 130 Å². The van der Waals surface area contributed by atoms with Crippen molar-refractivity contribution in [1.29, 1.82) is 0 Å². The number of aliphatic imine (C=N–C) groups is 1. The van der Waals surface area contributed by atoms with Gasteiger partial charge in [0.05, 0.1) is 15.2 Å². The second kappa shape index (κ2) is 6.34. The molecule has 0 amide bonds. The Hall–Kier alpha value is -1.76. The fourth-order valence-corrected chi connectivity index (χ4v) is 3.71. The molecule has 1 aliphatic heterocycles. The van der Waals surface area contributed by atoms with Gasteiger partial charge < -0.3 is 4.74 Å². The van der Waals surface area contributed by atoms with Gasteiger partial charge >= 0.3 is 19.8 Å². The summed E-state index contributed by atoms with van der Waals surface area (Å²) in [6, 6.07) is 17.0. The Morgan fingerprint density at radius 2 is 1.76 bits per heavy atom. The van der Waals surface area contributed by atoms with Crippen LogP contribution in [0.15, 0.2) is 59.6 Å². The maximum atomic E-state index is 11.4. The second-order valence-electron chi connectivity index (χ2n) is 4.79. The van der Waals surface area contributed by atoms with Gasteiger partial charge in [-0.1, -0.05) is 42.5 Å². The predicted molar refractivity (Wildman–Crippen MR) is 87.0 cm³/mol. The lowest BCUT2D eigenvalue weighted by atomic mass is 10.1. The van der Waals surface area contributed by atoms with Crippen LogP contribution in [0.5, 0.6) is 0 Å². The molecule has 5 heteroatoms. The molecule has 0 aliphatic carbocycles. The van der Waals surface area contributed by atoms with Crippen LogP contribution in [0.2, 0.25) is 0 Å². The van der Waals surface area contributed by atoms with Crippen molar-refractivity contribution in [3.8, 4) is 0 Å². The SMILES string of the molecule is O=I(=O)c1ccccc1C1=N[C@H](Cc2ccccc2)CO1. The second-order valence-corrected chi connectivity index (χ2v) is 7.19. The molecule has 1 aliphatic rings. The lowest BCUT2D eigenvalue weighted by Crippen LogP contribution is -2.09. The predicted octanol–water partition coefficient (Wildman–Crippen LogP) is 3.44. The molecular weight excluding hydrogens is 381 g/mol. The fourth-order valence-electron chi connectivity index (χ4n) is 2.32. The van der Waals surface area contributed by atoms with Crippen LogP contribution >= 0.6 is 19.8 Å². The monoisotopic (exact) mass is 395 g/mol. The van der Waals surface area contributed by atoms with Gasteiger partial charge in [-0.15, -0.1) is 0 Å². The lowest BCUT2D eigenvalue weighted by molar-refractivity contribution is 0.317. The largest absolute Gasteiger partial charge is 0.475 e. The van der Waals surface area contributed by atoms with Crippen molar-refractivity contribution in [2.75, 3.05) is 6.61 Å². The molecule has 1 atom stereocenters. The minimum absolute atomic E-state index is 0.0380. The van der Waals surface area contributed by atoms with Gasteiger partial charge in [-0.25, -0.2) is 11.1 Å². The first-order valence-corrected chi connectivity index (χ1v) is 9.47. The molecule has 0 spiro atoms. The van der Waals surface area contributed by atoms with Crippen LogP contribution in [-0.4, -0.2) is 18.5 Å². The Balaban J connectivity index is 1.83. The molecule has 0 radical (unpaired) electrons. The minimum atomic E-state index is -3.55. The van der Waals surface area contributed by atoms with E-state index in [2.05, 4.69) is 17.1 Å². The number of nitrogens with zero attached hydrogens (tertiary/aromatic N) is 1. The first-order chi connectivity index (χ1) is 10.2. The summed E-state index contributed by atoms with van der Waals surface area (Å²) in [7, 11) is 0. The highest BCUT2D eigenvalue weighted by atomic mass is 127. The number of halogens is 1. The number of hydrogen-bond donors (Lipinski definition) is 0. The van der Waals surface area contributed by atoms with Crippen LogP contribution in [0.3, 0.4) is 0 Å². The van der Waals surface area contributed by atoms with Crippen LogP contribution in [0.25, 0.3) is 0 Å². The van der Waals surface area contributed by atoms with E-state index in [1.807, 2.05) is 18.2 Å². The molecule has 0 saturated heterocycles. The van der Waals surface area contributed by atoms with E-state index in [1.54, 1.807) is 24.3 Å². The molecule has 4 nitrogen and oxygen atoms in total. The highest BCUT2D eigenvalue weighted by Crippen LogP contribution is 2.25. The zero-order chi connectivity index (χ0) is 14.7. The average molecular weight is 395 g/mol. The van der Waals surface area contributed by atoms with Crippen molar-refractivity contribution in [3.05, 3.63) is 69.3 Å². The van der Waals surface area contributed by atoms with E-state index in [9.17, 15) is 6.14 Å². The van der Waals surface area contributed by atoms with Gasteiger partial charge in [-0.3, -0.25) is 0 Å². The van der Waals surface area contributed by atoms with Crippen molar-refractivity contribution in [3.63, 3.8) is 0 Å². The van der Waals surface area contributed by atoms with Crippen LogP contribution in [0, 0.1) is 3.57 Å². The summed E-state index contributed by atoms with van der Waals surface area (Å²) in [6.07, 6.45) is 0.795. The van der Waals surface area contributed by atoms with Gasteiger partial charge in [0.15, 0.2) is 0 Å². The number of rotatable bonds is 4. The Morgan fingerprint density at radius 3 is 2.52 bits per heavy atom. The van der Waals surface area contributed by atoms with E-state index in [0.717, 1.165) is 6.42 Å². The Kier molecular flexibility index (Phi) is 4.28. The van der Waals surface area contributed by atoms with Gasteiger partial charge in [0.25, 0.3) is 0 Å². The number of hydrogen-bond acceptors (Lipinski definition) is 4. The van der Waals surface area contributed by atoms with E-state index < -0.39 is 19.8 Å². The summed E-state index contributed by atoms with van der Waals surface area (Å²) in [6.45, 7) is 0.491. The highest BCUT2D eigenvalue weighted by Gasteiger charge is 2.23. The molecule has 0 fully saturated rings. The molecule has 108 valence electrons. The maximum Gasteiger partial charge on any atom is 0.341 e. The van der Waals surface area contributed by atoms with Gasteiger partial charge in [0.2, 0.25) is 5.90 Å². The van der Waals surface area contributed by atoms with Crippen molar-refractivity contribution >= 4 is 25.7 Å². The van der Waals surface area contributed by atoms with E-state index in [0.29, 0.717) is 21.6 Å². The maximum absolute atomic E-state index is 11.4. The normalized spacial score (nSPS) is 17.6. The lowest BCUT2D eigenvalue weighted by Gasteiger charge is -2.04. The first-order valence-electron chi connectivity index (χ1n) is 6.63. The highest BCUT2D eigenvalue weighted by molar-refractivity contribution is 14.2. The Morgan fingerprint density at radius 1 is 1.05 bits per heavy atom. The zero-order valence-electron chi connectivity index (χ0n) is 11.2. The molecule has 21 heavy (non-hydrogen) atoms. The molecule has 0 saturated carbocycles. The van der Waals surface area contributed by atoms with Gasteiger partial charge in [0, 0.05) is 0 Å². The third-order valence-corrected chi connectivity index (χ3v) is 5.19. The van der Waals surface area contributed by atoms with Crippen LogP contribution in [-0.2, 0) is 17.3 Å². The minimum Gasteiger partial charge on any atom is -0.475 e. The number of ether oxygens (including phenoxy) is 1. The van der Waals surface area contributed by atoms with Crippen LogP contribution in [0.4, 0.5) is 0 Å². The van der Waals surface area contributed by atoms with E-state index >= 15 is 0 Å². The first kappa shape index (κ1) is 14.2. The van der Waals surface area contributed by atoms with Gasteiger partial charge in [-0.2, -0.15) is 0 Å². The zero-order valence-corrected chi connectivity index (χ0v) is 13.4. The van der Waals surface area contributed by atoms with Gasteiger partial charge in [-0.05, 0) is 24.1 Å². The summed E-state index contributed by atoms with van der Waals surface area (Å²) in [5, 5.41) is 0. The molecule has 0 N–H and O–H groups in total. The quantitative estimate of drug-likeness (QED) is 0.746. The molecule has 0 bridgehead atoms. The molecule has 1 heterocycles. The molecule has 0 unspecified atom stereocenters. The summed E-state index contributed by atoms with van der Waals surface area (Å²) < 4.78 is 28.7. The van der Waals surface area contributed by atoms with E-state index in [1.165, 1.54) is 5.56 Å². The van der Waals surface area contributed by atoms with E-state index in [-0.39, 0.29) is 6.04 Å². The van der Waals surface area contributed by atoms with Crippen LogP contribution < -0.4 is 0 Å². The molecular formula is C16H14INO3. The summed E-state index contributed by atoms with van der Waals surface area (Å²) in [5.74, 6) is 0.445. The topological polar surface area (TPSA) is 55.7 Å². The fraction of sp³-hybridized carbons (Fsp3) is 0.188. The summed E-state index contributed by atoms with van der Waals surface area (Å²) >= 11 is -3.55. The third kappa shape index (κ3) is 3.29. The summed E-state index contributed by atoms with van der Waals surface area (Å²) in [4.78, 5) is 4.54. The third-order valence-electron chi connectivity index (χ3n) is 3.30. The van der Waals surface area contributed by atoms with Crippen molar-refractivity contribution in [1.82, 2.24) is 0 Å². The van der Waals surface area contributed by atoms with Crippen LogP contribution in [0.1, 0.15) is 11.1 Å². The average Bonchev–Trinajstić information content (AvgIpc) is 2.96. The standard InChI is InChI=1S/C16H14INO3/c19-17(20)15-9-5-4-8-14(15)16-18-13(11-21-16)10-12-6-2-1-3-7-12/h1-9,13H,10-11H2/t13-/m1/s1. The van der Waals surface area contributed by atoms with Gasteiger partial charge in [0.1, 0.15) is 6.61 Å². The van der Waals surface area contributed by atoms with Crippen molar-refractivity contribution in [2.24, 2.45) is 4.99 Å². The Bertz CT molecular complexity index is 730. The van der Waals surface area contributed by atoms with Crippen molar-refractivity contribution in [2.45, 2.75) is 12.5 Å². The smallest absolute Gasteiger partial charge is 0.341 e.